The second-order valence-corrected chi connectivity index (χ2v) is 8.06. The van der Waals surface area contributed by atoms with E-state index in [1.165, 1.54) is 54.9 Å². The molecule has 0 atom stereocenters. The molecule has 1 saturated carbocycles. The van der Waals surface area contributed by atoms with Gasteiger partial charge in [0.2, 0.25) is 0 Å². The van der Waals surface area contributed by atoms with Gasteiger partial charge in [0.05, 0.1) is 15.2 Å². The zero-order chi connectivity index (χ0) is 13.5. The predicted octanol–water partition coefficient (Wildman–Crippen LogP) is 4.79. The summed E-state index contributed by atoms with van der Waals surface area (Å²) < 4.78 is 2.47. The topological polar surface area (TPSA) is 16.1 Å². The molecule has 2 fully saturated rings. The number of hydrogen-bond donors (Lipinski definition) is 0. The van der Waals surface area contributed by atoms with Crippen molar-refractivity contribution in [1.29, 1.82) is 0 Å². The number of piperidine rings is 1. The second kappa shape index (κ2) is 5.39. The van der Waals surface area contributed by atoms with E-state index >= 15 is 0 Å². The first kappa shape index (κ1) is 13.2. The van der Waals surface area contributed by atoms with E-state index in [1.807, 2.05) is 11.3 Å². The average Bonchev–Trinajstić information content (AvgIpc) is 2.80. The Morgan fingerprint density at radius 3 is 2.75 bits per heavy atom. The minimum Gasteiger partial charge on any atom is -0.300 e. The smallest absolute Gasteiger partial charge is 0.0970 e. The molecular formula is C16H19BrN2S. The first-order valence-corrected chi connectivity index (χ1v) is 9.20. The normalized spacial score (nSPS) is 27.6. The minimum absolute atomic E-state index is 0.707. The lowest BCUT2D eigenvalue weighted by atomic mass is 9.79. The first-order valence-electron chi connectivity index (χ1n) is 7.59. The number of aromatic nitrogens is 1. The molecular weight excluding hydrogens is 332 g/mol. The van der Waals surface area contributed by atoms with Gasteiger partial charge in [-0.25, -0.2) is 4.98 Å². The SMILES string of the molecule is Brc1ccc2nc([C@H]3C[C@@H](N4CCCCC4)C3)sc2c1. The lowest BCUT2D eigenvalue weighted by Crippen LogP contribution is -2.46. The molecule has 0 spiro atoms. The van der Waals surface area contributed by atoms with Crippen LogP contribution in [0.4, 0.5) is 0 Å². The van der Waals surface area contributed by atoms with E-state index in [2.05, 4.69) is 39.0 Å². The van der Waals surface area contributed by atoms with E-state index in [0.29, 0.717) is 5.92 Å². The summed E-state index contributed by atoms with van der Waals surface area (Å²) in [5.74, 6) is 0.707. The maximum absolute atomic E-state index is 4.83. The first-order chi connectivity index (χ1) is 9.79. The van der Waals surface area contributed by atoms with Crippen LogP contribution in [0, 0.1) is 0 Å². The third kappa shape index (κ3) is 2.42. The molecule has 2 nitrogen and oxygen atoms in total. The molecule has 20 heavy (non-hydrogen) atoms. The Morgan fingerprint density at radius 1 is 1.15 bits per heavy atom. The Bertz CT molecular complexity index is 612. The van der Waals surface area contributed by atoms with Crippen molar-refractivity contribution in [2.24, 2.45) is 0 Å². The van der Waals surface area contributed by atoms with Crippen LogP contribution in [0.2, 0.25) is 0 Å². The number of nitrogens with zero attached hydrogens (tertiary/aromatic N) is 2. The van der Waals surface area contributed by atoms with Gasteiger partial charge >= 0.3 is 0 Å². The Labute approximate surface area is 132 Å². The van der Waals surface area contributed by atoms with E-state index in [0.717, 1.165) is 16.0 Å². The monoisotopic (exact) mass is 350 g/mol. The fourth-order valence-electron chi connectivity index (χ4n) is 3.46. The van der Waals surface area contributed by atoms with Crippen molar-refractivity contribution < 1.29 is 0 Å². The molecule has 4 heteroatoms. The van der Waals surface area contributed by atoms with Crippen molar-refractivity contribution >= 4 is 37.5 Å². The summed E-state index contributed by atoms with van der Waals surface area (Å²) in [4.78, 5) is 7.55. The summed E-state index contributed by atoms with van der Waals surface area (Å²) in [7, 11) is 0. The van der Waals surface area contributed by atoms with Gasteiger partial charge in [0.1, 0.15) is 0 Å². The Balaban J connectivity index is 1.46. The number of fused-ring (bicyclic) bond motifs is 1. The zero-order valence-corrected chi connectivity index (χ0v) is 13.9. The van der Waals surface area contributed by atoms with Gasteiger partial charge in [-0.2, -0.15) is 0 Å². The summed E-state index contributed by atoms with van der Waals surface area (Å²) in [6.07, 6.45) is 6.87. The van der Waals surface area contributed by atoms with Gasteiger partial charge in [0, 0.05) is 16.4 Å². The molecule has 1 aliphatic heterocycles. The summed E-state index contributed by atoms with van der Waals surface area (Å²) in [6, 6.07) is 7.24. The number of thiazole rings is 1. The molecule has 1 aromatic heterocycles. The van der Waals surface area contributed by atoms with Crippen LogP contribution in [0.1, 0.15) is 43.0 Å². The van der Waals surface area contributed by atoms with Crippen LogP contribution in [0.5, 0.6) is 0 Å². The third-order valence-electron chi connectivity index (χ3n) is 4.74. The predicted molar refractivity (Wildman–Crippen MR) is 88.5 cm³/mol. The Morgan fingerprint density at radius 2 is 1.95 bits per heavy atom. The van der Waals surface area contributed by atoms with E-state index in [-0.39, 0.29) is 0 Å². The number of benzene rings is 1. The lowest BCUT2D eigenvalue weighted by molar-refractivity contribution is 0.0888. The van der Waals surface area contributed by atoms with Crippen molar-refractivity contribution in [3.8, 4) is 0 Å². The second-order valence-electron chi connectivity index (χ2n) is 6.08. The van der Waals surface area contributed by atoms with Crippen LogP contribution >= 0.6 is 27.3 Å². The number of hydrogen-bond acceptors (Lipinski definition) is 3. The highest BCUT2D eigenvalue weighted by molar-refractivity contribution is 9.10. The summed E-state index contributed by atoms with van der Waals surface area (Å²) in [6.45, 7) is 2.65. The Hall–Kier alpha value is -0.450. The fourth-order valence-corrected chi connectivity index (χ4v) is 5.11. The van der Waals surface area contributed by atoms with Crippen LogP contribution in [0.15, 0.2) is 22.7 Å². The average molecular weight is 351 g/mol. The molecule has 2 aliphatic rings. The van der Waals surface area contributed by atoms with Crippen molar-refractivity contribution in [3.05, 3.63) is 27.7 Å². The molecule has 0 bridgehead atoms. The zero-order valence-electron chi connectivity index (χ0n) is 11.5. The number of rotatable bonds is 2. The van der Waals surface area contributed by atoms with E-state index in [4.69, 9.17) is 4.98 Å². The highest BCUT2D eigenvalue weighted by Crippen LogP contribution is 2.43. The molecule has 4 rings (SSSR count). The van der Waals surface area contributed by atoms with Crippen molar-refractivity contribution in [1.82, 2.24) is 9.88 Å². The molecule has 1 aliphatic carbocycles. The van der Waals surface area contributed by atoms with Crippen LogP contribution in [0.3, 0.4) is 0 Å². The maximum atomic E-state index is 4.83. The van der Waals surface area contributed by atoms with E-state index < -0.39 is 0 Å². The maximum Gasteiger partial charge on any atom is 0.0970 e. The summed E-state index contributed by atoms with van der Waals surface area (Å²) >= 11 is 5.43. The summed E-state index contributed by atoms with van der Waals surface area (Å²) in [5.41, 5.74) is 1.16. The van der Waals surface area contributed by atoms with Gasteiger partial charge in [0.25, 0.3) is 0 Å². The molecule has 106 valence electrons. The quantitative estimate of drug-likeness (QED) is 0.773. The van der Waals surface area contributed by atoms with Gasteiger partial charge in [-0.15, -0.1) is 11.3 Å². The lowest BCUT2D eigenvalue weighted by Gasteiger charge is -2.43. The van der Waals surface area contributed by atoms with E-state index in [9.17, 15) is 0 Å². The molecule has 0 unspecified atom stereocenters. The van der Waals surface area contributed by atoms with Crippen LogP contribution in [-0.4, -0.2) is 29.0 Å². The standard InChI is InChI=1S/C16H19BrN2S/c17-12-4-5-14-15(10-12)20-16(18-14)11-8-13(9-11)19-6-2-1-3-7-19/h4-5,10-11,13H,1-3,6-9H2/t11-,13+. The number of likely N-dealkylation sites (tertiary alicyclic amines) is 1. The Kier molecular flexibility index (Phi) is 3.57. The largest absolute Gasteiger partial charge is 0.300 e. The van der Waals surface area contributed by atoms with Crippen molar-refractivity contribution in [3.63, 3.8) is 0 Å². The molecule has 2 heterocycles. The molecule has 2 aromatic rings. The fraction of sp³-hybridized carbons (Fsp3) is 0.562. The minimum atomic E-state index is 0.707. The molecule has 0 N–H and O–H groups in total. The molecule has 1 aromatic carbocycles. The molecule has 1 saturated heterocycles. The highest BCUT2D eigenvalue weighted by atomic mass is 79.9. The van der Waals surface area contributed by atoms with Gasteiger partial charge in [-0.1, -0.05) is 22.4 Å². The van der Waals surface area contributed by atoms with Crippen LogP contribution < -0.4 is 0 Å². The van der Waals surface area contributed by atoms with Gasteiger partial charge in [-0.05, 0) is 57.0 Å². The number of halogens is 1. The van der Waals surface area contributed by atoms with Gasteiger partial charge < -0.3 is 4.90 Å². The van der Waals surface area contributed by atoms with Crippen LogP contribution in [0.25, 0.3) is 10.2 Å². The highest BCUT2D eigenvalue weighted by Gasteiger charge is 2.36. The summed E-state index contributed by atoms with van der Waals surface area (Å²) in [5, 5.41) is 1.35. The van der Waals surface area contributed by atoms with E-state index in [1.54, 1.807) is 0 Å². The third-order valence-corrected chi connectivity index (χ3v) is 6.41. The van der Waals surface area contributed by atoms with Crippen molar-refractivity contribution in [2.75, 3.05) is 13.1 Å². The van der Waals surface area contributed by atoms with Crippen molar-refractivity contribution in [2.45, 2.75) is 44.1 Å². The van der Waals surface area contributed by atoms with Gasteiger partial charge in [0.15, 0.2) is 0 Å². The molecule has 0 amide bonds. The molecule has 0 radical (unpaired) electrons. The van der Waals surface area contributed by atoms with Gasteiger partial charge in [-0.3, -0.25) is 0 Å². The van der Waals surface area contributed by atoms with Crippen LogP contribution in [-0.2, 0) is 0 Å².